The fraction of sp³-hybridized carbons (Fsp3) is 0.526. The summed E-state index contributed by atoms with van der Waals surface area (Å²) in [5.74, 6) is 3.21. The fourth-order valence-electron chi connectivity index (χ4n) is 3.08. The lowest BCUT2D eigenvalue weighted by Gasteiger charge is -2.21. The summed E-state index contributed by atoms with van der Waals surface area (Å²) in [4.78, 5) is 4.65. The summed E-state index contributed by atoms with van der Waals surface area (Å²) in [5.41, 5.74) is 1.89. The van der Waals surface area contributed by atoms with Gasteiger partial charge in [0.2, 0.25) is 5.89 Å². The standard InChI is InChI=1S/C19H25ClN2O3/c1-23-18-11-15(5-6-17(18)24-9-3-7-20)19-22-16(13-25-19)10-14-4-2-8-21-12-14/h5-6,11,13-14,21H,2-4,7-10,12H2,1H3. The van der Waals surface area contributed by atoms with E-state index in [2.05, 4.69) is 10.3 Å². The molecule has 1 aromatic carbocycles. The van der Waals surface area contributed by atoms with Gasteiger partial charge in [0.1, 0.15) is 6.26 Å². The second kappa shape index (κ2) is 9.11. The number of ether oxygens (including phenoxy) is 2. The fourth-order valence-corrected chi connectivity index (χ4v) is 3.19. The van der Waals surface area contributed by atoms with Gasteiger partial charge in [-0.1, -0.05) is 0 Å². The van der Waals surface area contributed by atoms with E-state index in [0.29, 0.717) is 35.8 Å². The van der Waals surface area contributed by atoms with E-state index < -0.39 is 0 Å². The van der Waals surface area contributed by atoms with Crippen molar-refractivity contribution in [1.29, 1.82) is 0 Å². The summed E-state index contributed by atoms with van der Waals surface area (Å²) in [7, 11) is 1.63. The van der Waals surface area contributed by atoms with Gasteiger partial charge in [-0.05, 0) is 62.9 Å². The first kappa shape index (κ1) is 18.1. The summed E-state index contributed by atoms with van der Waals surface area (Å²) in [6.07, 6.45) is 6.00. The zero-order chi connectivity index (χ0) is 17.5. The molecular formula is C19H25ClN2O3. The number of hydrogen-bond acceptors (Lipinski definition) is 5. The number of alkyl halides is 1. The van der Waals surface area contributed by atoms with Crippen molar-refractivity contribution in [2.45, 2.75) is 25.7 Å². The molecule has 1 aliphatic rings. The summed E-state index contributed by atoms with van der Waals surface area (Å²) >= 11 is 5.68. The molecule has 0 bridgehead atoms. The van der Waals surface area contributed by atoms with Crippen LogP contribution in [-0.4, -0.2) is 37.7 Å². The number of oxazole rings is 1. The van der Waals surface area contributed by atoms with Crippen molar-refractivity contribution in [2.75, 3.05) is 32.7 Å². The Balaban J connectivity index is 1.68. The van der Waals surface area contributed by atoms with Crippen molar-refractivity contribution in [2.24, 2.45) is 5.92 Å². The van der Waals surface area contributed by atoms with E-state index in [-0.39, 0.29) is 0 Å². The van der Waals surface area contributed by atoms with Gasteiger partial charge in [-0.3, -0.25) is 0 Å². The monoisotopic (exact) mass is 364 g/mol. The number of benzene rings is 1. The van der Waals surface area contributed by atoms with Crippen LogP contribution in [0.15, 0.2) is 28.9 Å². The minimum atomic E-state index is 0.567. The number of aromatic nitrogens is 1. The number of halogens is 1. The predicted octanol–water partition coefficient (Wildman–Crippen LogP) is 3.90. The Bertz CT molecular complexity index is 668. The second-order valence-electron chi connectivity index (χ2n) is 6.32. The van der Waals surface area contributed by atoms with Crippen molar-refractivity contribution >= 4 is 11.6 Å². The summed E-state index contributed by atoms with van der Waals surface area (Å²) in [5, 5.41) is 3.44. The second-order valence-corrected chi connectivity index (χ2v) is 6.70. The predicted molar refractivity (Wildman–Crippen MR) is 98.6 cm³/mol. The van der Waals surface area contributed by atoms with Gasteiger partial charge in [0.15, 0.2) is 11.5 Å². The Morgan fingerprint density at radius 3 is 3.04 bits per heavy atom. The minimum absolute atomic E-state index is 0.567. The zero-order valence-electron chi connectivity index (χ0n) is 14.6. The van der Waals surface area contributed by atoms with Crippen LogP contribution >= 0.6 is 11.6 Å². The third-order valence-corrected chi connectivity index (χ3v) is 4.66. The molecule has 1 unspecified atom stereocenters. The van der Waals surface area contributed by atoms with Gasteiger partial charge in [0.05, 0.1) is 19.4 Å². The van der Waals surface area contributed by atoms with E-state index in [0.717, 1.165) is 37.2 Å². The Labute approximate surface area is 153 Å². The van der Waals surface area contributed by atoms with Crippen LogP contribution in [0.4, 0.5) is 0 Å². The summed E-state index contributed by atoms with van der Waals surface area (Å²) in [6, 6.07) is 5.72. The van der Waals surface area contributed by atoms with E-state index in [1.165, 1.54) is 12.8 Å². The molecule has 6 heteroatoms. The number of nitrogens with one attached hydrogen (secondary N) is 1. The number of rotatable bonds is 8. The zero-order valence-corrected chi connectivity index (χ0v) is 15.3. The van der Waals surface area contributed by atoms with Gasteiger partial charge < -0.3 is 19.2 Å². The van der Waals surface area contributed by atoms with Crippen LogP contribution in [0, 0.1) is 5.92 Å². The van der Waals surface area contributed by atoms with Crippen LogP contribution in [0.1, 0.15) is 25.0 Å². The summed E-state index contributed by atoms with van der Waals surface area (Å²) in [6.45, 7) is 2.75. The van der Waals surface area contributed by atoms with Crippen LogP contribution < -0.4 is 14.8 Å². The molecule has 0 amide bonds. The van der Waals surface area contributed by atoms with Crippen LogP contribution in [-0.2, 0) is 6.42 Å². The quantitative estimate of drug-likeness (QED) is 0.568. The van der Waals surface area contributed by atoms with E-state index >= 15 is 0 Å². The number of hydrogen-bond donors (Lipinski definition) is 1. The van der Waals surface area contributed by atoms with E-state index in [4.69, 9.17) is 25.5 Å². The SMILES string of the molecule is COc1cc(-c2nc(CC3CCCNC3)co2)ccc1OCCCCl. The molecule has 2 heterocycles. The first-order chi connectivity index (χ1) is 12.3. The Kier molecular flexibility index (Phi) is 6.59. The largest absolute Gasteiger partial charge is 0.493 e. The molecule has 1 aliphatic heterocycles. The lowest BCUT2D eigenvalue weighted by atomic mass is 9.95. The lowest BCUT2D eigenvalue weighted by Crippen LogP contribution is -2.30. The Morgan fingerprint density at radius 1 is 1.36 bits per heavy atom. The number of methoxy groups -OCH3 is 1. The van der Waals surface area contributed by atoms with Gasteiger partial charge in [0.25, 0.3) is 0 Å². The van der Waals surface area contributed by atoms with E-state index in [1.54, 1.807) is 13.4 Å². The molecule has 0 spiro atoms. The smallest absolute Gasteiger partial charge is 0.226 e. The van der Waals surface area contributed by atoms with E-state index in [1.807, 2.05) is 18.2 Å². The summed E-state index contributed by atoms with van der Waals surface area (Å²) < 4.78 is 16.8. The highest BCUT2D eigenvalue weighted by molar-refractivity contribution is 6.17. The maximum atomic E-state index is 5.70. The molecule has 1 saturated heterocycles. The van der Waals surface area contributed by atoms with Crippen molar-refractivity contribution in [1.82, 2.24) is 10.3 Å². The maximum absolute atomic E-state index is 5.70. The molecule has 0 saturated carbocycles. The van der Waals surface area contributed by atoms with Gasteiger partial charge >= 0.3 is 0 Å². The molecular weight excluding hydrogens is 340 g/mol. The molecule has 3 rings (SSSR count). The third kappa shape index (κ3) is 4.89. The van der Waals surface area contributed by atoms with Crippen molar-refractivity contribution in [3.05, 3.63) is 30.2 Å². The molecule has 1 aromatic heterocycles. The van der Waals surface area contributed by atoms with Gasteiger partial charge in [-0.25, -0.2) is 4.98 Å². The topological polar surface area (TPSA) is 56.5 Å². The molecule has 0 radical (unpaired) electrons. The van der Waals surface area contributed by atoms with Gasteiger partial charge in [-0.15, -0.1) is 11.6 Å². The van der Waals surface area contributed by atoms with Gasteiger partial charge in [-0.2, -0.15) is 0 Å². The van der Waals surface area contributed by atoms with Crippen molar-refractivity contribution in [3.8, 4) is 23.0 Å². The molecule has 1 fully saturated rings. The van der Waals surface area contributed by atoms with Gasteiger partial charge in [0, 0.05) is 11.4 Å². The van der Waals surface area contributed by atoms with Crippen LogP contribution in [0.5, 0.6) is 11.5 Å². The highest BCUT2D eigenvalue weighted by Crippen LogP contribution is 2.32. The minimum Gasteiger partial charge on any atom is -0.493 e. The average molecular weight is 365 g/mol. The van der Waals surface area contributed by atoms with Crippen molar-refractivity contribution < 1.29 is 13.9 Å². The molecule has 25 heavy (non-hydrogen) atoms. The lowest BCUT2D eigenvalue weighted by molar-refractivity contribution is 0.295. The first-order valence-electron chi connectivity index (χ1n) is 8.82. The number of piperidine rings is 1. The third-order valence-electron chi connectivity index (χ3n) is 4.39. The molecule has 5 nitrogen and oxygen atoms in total. The Hall–Kier alpha value is -1.72. The average Bonchev–Trinajstić information content (AvgIpc) is 3.11. The highest BCUT2D eigenvalue weighted by Gasteiger charge is 2.17. The Morgan fingerprint density at radius 2 is 2.28 bits per heavy atom. The maximum Gasteiger partial charge on any atom is 0.226 e. The molecule has 1 N–H and O–H groups in total. The highest BCUT2D eigenvalue weighted by atomic mass is 35.5. The molecule has 0 aliphatic carbocycles. The number of nitrogens with zero attached hydrogens (tertiary/aromatic N) is 1. The normalized spacial score (nSPS) is 17.4. The first-order valence-corrected chi connectivity index (χ1v) is 9.36. The van der Waals surface area contributed by atoms with E-state index in [9.17, 15) is 0 Å². The van der Waals surface area contributed by atoms with Crippen molar-refractivity contribution in [3.63, 3.8) is 0 Å². The van der Waals surface area contributed by atoms with Crippen LogP contribution in [0.25, 0.3) is 11.5 Å². The molecule has 136 valence electrons. The van der Waals surface area contributed by atoms with Crippen LogP contribution in [0.2, 0.25) is 0 Å². The molecule has 2 aromatic rings. The van der Waals surface area contributed by atoms with Crippen LogP contribution in [0.3, 0.4) is 0 Å². The molecule has 1 atom stereocenters.